The van der Waals surface area contributed by atoms with E-state index < -0.39 is 17.8 Å². The summed E-state index contributed by atoms with van der Waals surface area (Å²) in [5, 5.41) is 3.53. The van der Waals surface area contributed by atoms with Crippen LogP contribution in [0, 0.1) is 5.92 Å². The molecule has 0 saturated carbocycles. The maximum absolute atomic E-state index is 13.2. The molecule has 1 aliphatic heterocycles. The highest BCUT2D eigenvalue weighted by atomic mass is 19.4. The number of aromatic amines is 1. The molecular weight excluding hydrogens is 463 g/mol. The lowest BCUT2D eigenvalue weighted by Gasteiger charge is -2.36. The predicted octanol–water partition coefficient (Wildman–Crippen LogP) is 1.95. The zero-order valence-electron chi connectivity index (χ0n) is 19.1. The molecule has 35 heavy (non-hydrogen) atoms. The number of anilines is 2. The molecule has 0 aromatic carbocycles. The number of hydrogen-bond donors (Lipinski definition) is 5. The van der Waals surface area contributed by atoms with Crippen LogP contribution < -0.4 is 22.5 Å². The molecule has 0 unspecified atom stereocenters. The molecule has 3 aromatic heterocycles. The van der Waals surface area contributed by atoms with Gasteiger partial charge in [-0.2, -0.15) is 13.2 Å². The van der Waals surface area contributed by atoms with E-state index in [0.29, 0.717) is 35.9 Å². The number of H-pyrrole nitrogens is 1. The van der Waals surface area contributed by atoms with Crippen molar-refractivity contribution < 1.29 is 18.0 Å². The molecule has 13 heteroatoms. The van der Waals surface area contributed by atoms with Crippen LogP contribution in [0.2, 0.25) is 0 Å². The minimum Gasteiger partial charge on any atom is -0.396 e. The second kappa shape index (κ2) is 9.66. The van der Waals surface area contributed by atoms with Gasteiger partial charge in [0, 0.05) is 49.0 Å². The molecule has 2 atom stereocenters. The number of nitrogens with zero attached hydrogens (tertiary/aromatic N) is 4. The van der Waals surface area contributed by atoms with Gasteiger partial charge in [-0.15, -0.1) is 0 Å². The predicted molar refractivity (Wildman–Crippen MR) is 126 cm³/mol. The first-order chi connectivity index (χ1) is 16.6. The number of fused-ring (bicyclic) bond motifs is 1. The molecule has 1 saturated heterocycles. The molecular formula is C22H28F3N9O. The first-order valence-corrected chi connectivity index (χ1v) is 11.3. The summed E-state index contributed by atoms with van der Waals surface area (Å²) in [5.41, 5.74) is 17.7. The summed E-state index contributed by atoms with van der Waals surface area (Å²) in [6.07, 6.45) is 0.754. The van der Waals surface area contributed by atoms with E-state index in [1.165, 1.54) is 12.4 Å². The third-order valence-electron chi connectivity index (χ3n) is 6.42. The second-order valence-corrected chi connectivity index (χ2v) is 8.76. The fourth-order valence-electron chi connectivity index (χ4n) is 4.31. The number of amides is 1. The summed E-state index contributed by atoms with van der Waals surface area (Å²) in [6, 6.07) is 0.320. The highest BCUT2D eigenvalue weighted by Crippen LogP contribution is 2.35. The summed E-state index contributed by atoms with van der Waals surface area (Å²) in [6.45, 7) is 3.28. The van der Waals surface area contributed by atoms with Crippen molar-refractivity contribution in [2.75, 3.05) is 30.7 Å². The number of halogens is 3. The van der Waals surface area contributed by atoms with Gasteiger partial charge in [0.1, 0.15) is 11.3 Å². The van der Waals surface area contributed by atoms with Crippen LogP contribution in [0.5, 0.6) is 0 Å². The third kappa shape index (κ3) is 5.15. The van der Waals surface area contributed by atoms with Gasteiger partial charge in [0.2, 0.25) is 11.9 Å². The first kappa shape index (κ1) is 24.7. The van der Waals surface area contributed by atoms with Gasteiger partial charge in [0.25, 0.3) is 0 Å². The zero-order chi connectivity index (χ0) is 25.3. The van der Waals surface area contributed by atoms with Gasteiger partial charge < -0.3 is 32.4 Å². The van der Waals surface area contributed by atoms with E-state index in [1.807, 2.05) is 6.92 Å². The van der Waals surface area contributed by atoms with Crippen LogP contribution in [0.3, 0.4) is 0 Å². The van der Waals surface area contributed by atoms with Crippen LogP contribution in [0.25, 0.3) is 22.3 Å². The van der Waals surface area contributed by atoms with Gasteiger partial charge in [-0.25, -0.2) is 15.0 Å². The van der Waals surface area contributed by atoms with Gasteiger partial charge in [0.15, 0.2) is 0 Å². The van der Waals surface area contributed by atoms with Crippen LogP contribution in [0.15, 0.2) is 24.7 Å². The Morgan fingerprint density at radius 2 is 2.00 bits per heavy atom. The van der Waals surface area contributed by atoms with E-state index in [9.17, 15) is 18.0 Å². The van der Waals surface area contributed by atoms with Gasteiger partial charge in [0.05, 0.1) is 23.5 Å². The summed E-state index contributed by atoms with van der Waals surface area (Å²) in [5.74, 6) is 0.420. The Morgan fingerprint density at radius 3 is 2.66 bits per heavy atom. The van der Waals surface area contributed by atoms with Crippen molar-refractivity contribution in [2.45, 2.75) is 38.0 Å². The topological polar surface area (TPSA) is 165 Å². The van der Waals surface area contributed by atoms with Crippen molar-refractivity contribution in [3.05, 3.63) is 30.2 Å². The molecule has 0 radical (unpaired) electrons. The molecule has 1 amide bonds. The lowest BCUT2D eigenvalue weighted by Crippen LogP contribution is -2.51. The second-order valence-electron chi connectivity index (χ2n) is 8.76. The van der Waals surface area contributed by atoms with Gasteiger partial charge in [-0.1, -0.05) is 0 Å². The van der Waals surface area contributed by atoms with Crippen LogP contribution >= 0.6 is 0 Å². The molecule has 3 aromatic rings. The monoisotopic (exact) mass is 491 g/mol. The maximum Gasteiger partial charge on any atom is 0.417 e. The van der Waals surface area contributed by atoms with Gasteiger partial charge >= 0.3 is 6.18 Å². The summed E-state index contributed by atoms with van der Waals surface area (Å²) < 4.78 is 39.6. The highest BCUT2D eigenvalue weighted by Gasteiger charge is 2.32. The fourth-order valence-corrected chi connectivity index (χ4v) is 4.31. The normalized spacial score (nSPS) is 16.9. The molecule has 1 aliphatic rings. The fraction of sp³-hybridized carbons (Fsp3) is 0.455. The lowest BCUT2D eigenvalue weighted by molar-refractivity contribution is -0.137. The molecule has 4 heterocycles. The van der Waals surface area contributed by atoms with Crippen molar-refractivity contribution >= 4 is 28.6 Å². The number of hydrogen-bond acceptors (Lipinski definition) is 8. The Bertz CT molecular complexity index is 1200. The Hall–Kier alpha value is -3.45. The van der Waals surface area contributed by atoms with Crippen molar-refractivity contribution in [1.29, 1.82) is 0 Å². The van der Waals surface area contributed by atoms with Crippen molar-refractivity contribution in [1.82, 2.24) is 24.8 Å². The van der Waals surface area contributed by atoms with Crippen LogP contribution in [0.1, 0.15) is 25.3 Å². The van der Waals surface area contributed by atoms with Crippen LogP contribution in [0.4, 0.5) is 24.8 Å². The molecule has 10 nitrogen and oxygen atoms in total. The van der Waals surface area contributed by atoms with E-state index >= 15 is 0 Å². The Labute approximate surface area is 199 Å². The lowest BCUT2D eigenvalue weighted by atomic mass is 9.90. The standard InChI is InChI=1S/C22H28F3N9O/c1-11(12-2-4-34(5-3-12)20(35)16(27)7-26)32-21-31-10-17(28)18(33-21)15-9-30-19-14(15)6-13(8-29-19)22(23,24)25/h6,8-12,16H,2-5,7,26-28H2,1H3,(H,29,30)(H,31,32,33)/t11-,16-/m1/s1. The average molecular weight is 492 g/mol. The zero-order valence-corrected chi connectivity index (χ0v) is 19.1. The van der Waals surface area contributed by atoms with Crippen molar-refractivity contribution in [2.24, 2.45) is 17.4 Å². The number of piperidine rings is 1. The number of nitrogen functional groups attached to an aromatic ring is 1. The number of pyridine rings is 1. The number of nitrogens with one attached hydrogen (secondary N) is 2. The quantitative estimate of drug-likeness (QED) is 0.349. The number of alkyl halides is 3. The SMILES string of the molecule is C[C@@H](Nc1ncc(N)c(-c2c[nH]c3ncc(C(F)(F)F)cc23)n1)C1CCN(C(=O)[C@H](N)CN)CC1. The largest absolute Gasteiger partial charge is 0.417 e. The van der Waals surface area contributed by atoms with Crippen molar-refractivity contribution in [3.63, 3.8) is 0 Å². The Balaban J connectivity index is 1.50. The maximum atomic E-state index is 13.2. The van der Waals surface area contributed by atoms with E-state index in [2.05, 4.69) is 25.3 Å². The minimum atomic E-state index is -4.52. The molecule has 4 rings (SSSR count). The molecule has 1 fully saturated rings. The number of carbonyl (C=O) groups excluding carboxylic acids is 1. The Kier molecular flexibility index (Phi) is 6.81. The summed E-state index contributed by atoms with van der Waals surface area (Å²) >= 11 is 0. The number of likely N-dealkylation sites (tertiary alicyclic amines) is 1. The van der Waals surface area contributed by atoms with Crippen molar-refractivity contribution in [3.8, 4) is 11.3 Å². The Morgan fingerprint density at radius 1 is 1.29 bits per heavy atom. The summed E-state index contributed by atoms with van der Waals surface area (Å²) in [4.78, 5) is 29.5. The van der Waals surface area contributed by atoms with E-state index in [4.69, 9.17) is 17.2 Å². The molecule has 188 valence electrons. The van der Waals surface area contributed by atoms with Crippen LogP contribution in [-0.4, -0.2) is 62.5 Å². The van der Waals surface area contributed by atoms with Gasteiger partial charge in [-0.05, 0) is 31.7 Å². The molecule has 0 bridgehead atoms. The third-order valence-corrected chi connectivity index (χ3v) is 6.42. The number of carbonyl (C=O) groups is 1. The van der Waals surface area contributed by atoms with Crippen LogP contribution in [-0.2, 0) is 11.0 Å². The smallest absolute Gasteiger partial charge is 0.396 e. The highest BCUT2D eigenvalue weighted by molar-refractivity contribution is 5.95. The molecule has 8 N–H and O–H groups in total. The van der Waals surface area contributed by atoms with E-state index in [1.54, 1.807) is 4.90 Å². The number of aromatic nitrogens is 4. The first-order valence-electron chi connectivity index (χ1n) is 11.3. The number of nitrogens with two attached hydrogens (primary N) is 3. The average Bonchev–Trinajstić information content (AvgIpc) is 3.27. The van der Waals surface area contributed by atoms with Gasteiger partial charge in [-0.3, -0.25) is 4.79 Å². The minimum absolute atomic E-state index is 0.0200. The molecule has 0 spiro atoms. The molecule has 0 aliphatic carbocycles. The number of rotatable bonds is 6. The van der Waals surface area contributed by atoms with E-state index in [-0.39, 0.29) is 35.5 Å². The van der Waals surface area contributed by atoms with E-state index in [0.717, 1.165) is 25.1 Å². The summed E-state index contributed by atoms with van der Waals surface area (Å²) in [7, 11) is 0.